The molecule has 40 heavy (non-hydrogen) atoms. The third kappa shape index (κ3) is 3.87. The molecule has 12 heteroatoms. The Hall–Kier alpha value is -3.38. The van der Waals surface area contributed by atoms with E-state index in [0.717, 1.165) is 30.5 Å². The maximum absolute atomic E-state index is 13.9. The molecule has 1 unspecified atom stereocenters. The molecule has 0 aromatic heterocycles. The molecule has 2 aliphatic heterocycles. The number of ketones is 1. The van der Waals surface area contributed by atoms with E-state index in [1.54, 1.807) is 6.07 Å². The Morgan fingerprint density at radius 3 is 2.73 bits per heavy atom. The fourth-order valence-corrected chi connectivity index (χ4v) is 7.31. The first kappa shape index (κ1) is 26.8. The molecule has 2 heterocycles. The van der Waals surface area contributed by atoms with Gasteiger partial charge in [0.15, 0.2) is 23.4 Å². The number of amides is 1. The van der Waals surface area contributed by atoms with Crippen LogP contribution in [0, 0.1) is 5.92 Å². The summed E-state index contributed by atoms with van der Waals surface area (Å²) in [5, 5.41) is 22.1. The van der Waals surface area contributed by atoms with E-state index >= 15 is 0 Å². The number of aromatic hydroxyl groups is 1. The number of nitrogens with two attached hydrogens (primary N) is 1. The van der Waals surface area contributed by atoms with E-state index in [2.05, 4.69) is 10.2 Å². The van der Waals surface area contributed by atoms with Gasteiger partial charge in [-0.2, -0.15) is 0 Å². The second-order valence-electron chi connectivity index (χ2n) is 12.4. The predicted molar refractivity (Wildman–Crippen MR) is 138 cm³/mol. The predicted octanol–water partition coefficient (Wildman–Crippen LogP) is 0.993. The molecular weight excluding hydrogens is 522 g/mol. The highest BCUT2D eigenvalue weighted by Crippen LogP contribution is 2.66. The van der Waals surface area contributed by atoms with Crippen molar-refractivity contribution in [3.63, 3.8) is 0 Å². The van der Waals surface area contributed by atoms with Crippen molar-refractivity contribution >= 4 is 23.8 Å². The molecule has 1 saturated heterocycles. The molecule has 2 saturated carbocycles. The Morgan fingerprint density at radius 1 is 1.27 bits per heavy atom. The number of carbonyl (C=O) groups excluding carboxylic acids is 3. The van der Waals surface area contributed by atoms with Crippen molar-refractivity contribution in [2.75, 3.05) is 19.7 Å². The van der Waals surface area contributed by atoms with Crippen LogP contribution < -0.4 is 15.8 Å². The van der Waals surface area contributed by atoms with Crippen LogP contribution in [0.2, 0.25) is 0 Å². The van der Waals surface area contributed by atoms with Crippen molar-refractivity contribution in [1.82, 2.24) is 10.2 Å². The summed E-state index contributed by atoms with van der Waals surface area (Å²) in [6.45, 7) is 3.97. The maximum Gasteiger partial charge on any atom is 0.408 e. The van der Waals surface area contributed by atoms with E-state index in [9.17, 15) is 24.3 Å². The van der Waals surface area contributed by atoms with Gasteiger partial charge < -0.3 is 35.5 Å². The number of nitrogens with zero attached hydrogens (tertiary/aromatic N) is 1. The van der Waals surface area contributed by atoms with Crippen molar-refractivity contribution in [3.8, 4) is 11.5 Å². The number of benzene rings is 1. The molecule has 5 aliphatic rings. The third-order valence-electron chi connectivity index (χ3n) is 9.43. The Kier molecular flexibility index (Phi) is 6.08. The molecule has 1 spiro atoms. The first-order valence-corrected chi connectivity index (χ1v) is 13.8. The number of rotatable bonds is 8. The Morgan fingerprint density at radius 2 is 2.02 bits per heavy atom. The molecule has 5 atom stereocenters. The average molecular weight is 558 g/mol. The second-order valence-corrected chi connectivity index (χ2v) is 12.4. The number of alkyl carbamates (subject to hydrolysis) is 1. The maximum atomic E-state index is 13.9. The number of phenolic OH excluding ortho intramolecular Hbond substituents is 1. The molecule has 1 amide bonds. The van der Waals surface area contributed by atoms with Crippen molar-refractivity contribution in [2.45, 2.75) is 87.1 Å². The number of aliphatic carboxylic acids is 1. The zero-order valence-electron chi connectivity index (χ0n) is 22.6. The number of carbonyl (C=O) groups is 4. The summed E-state index contributed by atoms with van der Waals surface area (Å²) in [7, 11) is 0. The molecular formula is C28H35N3O9. The lowest BCUT2D eigenvalue weighted by Gasteiger charge is -2.64. The Labute approximate surface area is 231 Å². The monoisotopic (exact) mass is 557 g/mol. The van der Waals surface area contributed by atoms with E-state index in [-0.39, 0.29) is 24.0 Å². The molecule has 1 aromatic carbocycles. The van der Waals surface area contributed by atoms with Crippen LogP contribution in [0.25, 0.3) is 0 Å². The number of carboxylic acids is 1. The van der Waals surface area contributed by atoms with Gasteiger partial charge in [-0.05, 0) is 70.0 Å². The average Bonchev–Trinajstić information content (AvgIpc) is 3.64. The summed E-state index contributed by atoms with van der Waals surface area (Å²) in [4.78, 5) is 53.1. The van der Waals surface area contributed by atoms with Crippen molar-refractivity contribution in [1.29, 1.82) is 0 Å². The fraction of sp³-hybridized carbons (Fsp3) is 0.643. The molecule has 216 valence electrons. The minimum atomic E-state index is -1.55. The van der Waals surface area contributed by atoms with Gasteiger partial charge in [-0.1, -0.05) is 6.07 Å². The number of hydrogen-bond acceptors (Lipinski definition) is 10. The molecule has 12 nitrogen and oxygen atoms in total. The zero-order valence-corrected chi connectivity index (χ0v) is 22.6. The lowest BCUT2D eigenvalue weighted by atomic mass is 9.48. The quantitative estimate of drug-likeness (QED) is 0.335. The number of ether oxygens (including phenoxy) is 3. The van der Waals surface area contributed by atoms with Gasteiger partial charge in [0.05, 0.1) is 11.5 Å². The van der Waals surface area contributed by atoms with Crippen LogP contribution in [0.15, 0.2) is 12.1 Å². The number of piperidine rings is 1. The number of esters is 1. The fourth-order valence-electron chi connectivity index (χ4n) is 7.31. The number of Topliss-reactive ketones (excluding diaryl/α,β-unsaturated/α-hetero) is 1. The molecule has 5 N–H and O–H groups in total. The normalized spacial score (nSPS) is 31.0. The number of likely N-dealkylation sites (tertiary alicyclic amines) is 1. The topological polar surface area (TPSA) is 178 Å². The number of nitrogens with one attached hydrogen (secondary N) is 1. The number of hydrogen-bond donors (Lipinski definition) is 4. The largest absolute Gasteiger partial charge is 0.504 e. The van der Waals surface area contributed by atoms with E-state index < -0.39 is 53.3 Å². The van der Waals surface area contributed by atoms with Gasteiger partial charge in [0.2, 0.25) is 0 Å². The van der Waals surface area contributed by atoms with Gasteiger partial charge >= 0.3 is 18.0 Å². The van der Waals surface area contributed by atoms with E-state index in [1.165, 1.54) is 13.8 Å². The van der Waals surface area contributed by atoms with E-state index in [1.807, 2.05) is 6.07 Å². The van der Waals surface area contributed by atoms with Crippen LogP contribution in [0.1, 0.15) is 57.1 Å². The smallest absolute Gasteiger partial charge is 0.408 e. The SMILES string of the molecule is CC(C)(NC(=O)OCC(N)C(=O)O)C(=O)O[C@@]12CCC(=O)[C@@H]3Oc4c(O)ccc5c4[C@@]31CCN(CC1CC1)[C@@H]2C5. The van der Waals surface area contributed by atoms with Gasteiger partial charge in [0.1, 0.15) is 23.8 Å². The summed E-state index contributed by atoms with van der Waals surface area (Å²) in [5.41, 5.74) is 3.51. The molecule has 0 radical (unpaired) electrons. The third-order valence-corrected chi connectivity index (χ3v) is 9.43. The highest BCUT2D eigenvalue weighted by molar-refractivity contribution is 5.91. The van der Waals surface area contributed by atoms with Crippen molar-refractivity contribution in [3.05, 3.63) is 23.3 Å². The highest BCUT2D eigenvalue weighted by atomic mass is 16.6. The van der Waals surface area contributed by atoms with Crippen LogP contribution in [-0.2, 0) is 35.7 Å². The zero-order chi connectivity index (χ0) is 28.6. The number of carboxylic acid groups (broad SMARTS) is 1. The van der Waals surface area contributed by atoms with E-state index in [0.29, 0.717) is 37.5 Å². The summed E-state index contributed by atoms with van der Waals surface area (Å²) in [6.07, 6.45) is 1.96. The van der Waals surface area contributed by atoms with Crippen LogP contribution in [0.3, 0.4) is 0 Å². The summed E-state index contributed by atoms with van der Waals surface area (Å²) >= 11 is 0. The van der Waals surface area contributed by atoms with E-state index in [4.69, 9.17) is 25.1 Å². The molecule has 3 aliphatic carbocycles. The van der Waals surface area contributed by atoms with Crippen LogP contribution in [0.5, 0.6) is 11.5 Å². The molecule has 2 bridgehead atoms. The van der Waals surface area contributed by atoms with Crippen molar-refractivity contribution in [2.24, 2.45) is 11.7 Å². The van der Waals surface area contributed by atoms with Crippen LogP contribution in [0.4, 0.5) is 4.79 Å². The van der Waals surface area contributed by atoms with Gasteiger partial charge in [0, 0.05) is 18.5 Å². The van der Waals surface area contributed by atoms with Gasteiger partial charge in [-0.3, -0.25) is 14.5 Å². The van der Waals surface area contributed by atoms with Gasteiger partial charge in [0.25, 0.3) is 0 Å². The lowest BCUT2D eigenvalue weighted by molar-refractivity contribution is -0.220. The highest BCUT2D eigenvalue weighted by Gasteiger charge is 2.75. The van der Waals surface area contributed by atoms with Crippen LogP contribution >= 0.6 is 0 Å². The lowest BCUT2D eigenvalue weighted by Crippen LogP contribution is -2.78. The summed E-state index contributed by atoms with van der Waals surface area (Å²) < 4.78 is 17.7. The standard InChI is InChI=1S/C28H35N3O9/c1-26(2,30-25(37)38-13-16(29)23(34)35)24(36)40-28-8-7-18(33)22-27(28)9-10-31(12-14-3-4-14)19(28)11-15-5-6-17(32)21(39-22)20(15)27/h5-6,14,16,19,22,32H,3-4,7-13,29H2,1-2H3,(H,30,37)(H,34,35)/t16?,19-,22+,27+,28-/m1/s1. The minimum Gasteiger partial charge on any atom is -0.504 e. The molecule has 1 aromatic rings. The number of phenols is 1. The van der Waals surface area contributed by atoms with Crippen LogP contribution in [-0.4, -0.2) is 88.0 Å². The molecule has 3 fully saturated rings. The van der Waals surface area contributed by atoms with Gasteiger partial charge in [-0.15, -0.1) is 0 Å². The second kappa shape index (κ2) is 9.07. The first-order chi connectivity index (χ1) is 18.9. The summed E-state index contributed by atoms with van der Waals surface area (Å²) in [5.74, 6) is -1.28. The Balaban J connectivity index is 1.35. The van der Waals surface area contributed by atoms with Gasteiger partial charge in [-0.25, -0.2) is 9.59 Å². The van der Waals surface area contributed by atoms with Crippen molar-refractivity contribution < 1.29 is 43.6 Å². The minimum absolute atomic E-state index is 0.0428. The Bertz CT molecular complexity index is 1290. The molecule has 6 rings (SSSR count). The summed E-state index contributed by atoms with van der Waals surface area (Å²) in [6, 6.07) is 1.86. The first-order valence-electron chi connectivity index (χ1n) is 13.8.